The number of unbranched alkanes of at least 4 members (excludes halogenated alkanes) is 15. The lowest BCUT2D eigenvalue weighted by molar-refractivity contribution is 0.529. The van der Waals surface area contributed by atoms with Crippen LogP contribution in [0.1, 0.15) is 127 Å². The van der Waals surface area contributed by atoms with Gasteiger partial charge in [0.25, 0.3) is 11.1 Å². The first kappa shape index (κ1) is 27.9. The molecule has 0 saturated carbocycles. The van der Waals surface area contributed by atoms with Gasteiger partial charge in [0.2, 0.25) is 0 Å². The minimum atomic E-state index is -0.541. The Morgan fingerprint density at radius 1 is 0.667 bits per heavy atom. The molecule has 0 unspecified atom stereocenters. The van der Waals surface area contributed by atoms with Crippen LogP contribution >= 0.6 is 0 Å². The van der Waals surface area contributed by atoms with Crippen LogP contribution in [0, 0.1) is 6.92 Å². The van der Waals surface area contributed by atoms with Crippen molar-refractivity contribution in [2.75, 3.05) is 11.4 Å². The van der Waals surface area contributed by atoms with Crippen LogP contribution in [0.15, 0.2) is 14.4 Å². The summed E-state index contributed by atoms with van der Waals surface area (Å²) in [5.41, 5.74) is -0.334. The van der Waals surface area contributed by atoms with E-state index >= 15 is 0 Å². The Morgan fingerprint density at radius 3 is 1.72 bits per heavy atom. The molecule has 3 N–H and O–H groups in total. The lowest BCUT2D eigenvalue weighted by Gasteiger charge is -2.30. The molecule has 0 radical (unpaired) electrons. The average Bonchev–Trinajstić information content (AvgIpc) is 2.84. The van der Waals surface area contributed by atoms with E-state index in [1.54, 1.807) is 6.92 Å². The molecule has 0 atom stereocenters. The van der Waals surface area contributed by atoms with Crippen molar-refractivity contribution in [2.45, 2.75) is 123 Å². The van der Waals surface area contributed by atoms with E-state index in [0.717, 1.165) is 12.8 Å². The maximum atomic E-state index is 12.5. The molecule has 200 valence electrons. The predicted molar refractivity (Wildman–Crippen MR) is 147 cm³/mol. The summed E-state index contributed by atoms with van der Waals surface area (Å²) in [6, 6.07) is 0. The lowest BCUT2D eigenvalue weighted by Crippen LogP contribution is -2.38. The molecule has 3 rings (SSSR count). The first-order valence-corrected chi connectivity index (χ1v) is 14.2. The number of nitrogens with zero attached hydrogens (tertiary/aromatic N) is 2. The molecule has 0 aliphatic carbocycles. The quantitative estimate of drug-likeness (QED) is 0.239. The summed E-state index contributed by atoms with van der Waals surface area (Å²) in [4.78, 5) is 51.1. The zero-order chi connectivity index (χ0) is 25.8. The maximum absolute atomic E-state index is 12.5. The van der Waals surface area contributed by atoms with Crippen LogP contribution in [-0.4, -0.2) is 26.5 Å². The standard InChI is InChI=1S/C28H45N5O3/c1-3-4-5-6-7-8-9-10-11-12-13-14-15-16-17-18-19-33-24-22(26(34)30-21(2)29-24)20-23-25(33)31-28(36)32-27(23)35/h3-20H2,1-2H3,(H,29,30,34)(H2,31,32,35,36). The number of rotatable bonds is 17. The molecular formula is C28H45N5O3. The minimum absolute atomic E-state index is 0.162. The first-order chi connectivity index (χ1) is 17.5. The Bertz CT molecular complexity index is 1120. The Balaban J connectivity index is 1.36. The maximum Gasteiger partial charge on any atom is 0.327 e. The van der Waals surface area contributed by atoms with Crippen molar-refractivity contribution >= 4 is 11.6 Å². The average molecular weight is 500 g/mol. The van der Waals surface area contributed by atoms with Crippen LogP contribution in [0.3, 0.4) is 0 Å². The number of aryl methyl sites for hydroxylation is 1. The van der Waals surface area contributed by atoms with Crippen molar-refractivity contribution in [3.05, 3.63) is 48.1 Å². The molecule has 0 saturated heterocycles. The molecule has 0 amide bonds. The third-order valence-corrected chi connectivity index (χ3v) is 7.25. The summed E-state index contributed by atoms with van der Waals surface area (Å²) in [6.45, 7) is 4.61. The lowest BCUT2D eigenvalue weighted by atomic mass is 10.0. The van der Waals surface area contributed by atoms with Gasteiger partial charge in [-0.1, -0.05) is 103 Å². The fourth-order valence-corrected chi connectivity index (χ4v) is 5.19. The summed E-state index contributed by atoms with van der Waals surface area (Å²) in [5, 5.41) is 0. The van der Waals surface area contributed by atoms with Crippen LogP contribution in [0.25, 0.3) is 0 Å². The van der Waals surface area contributed by atoms with E-state index in [4.69, 9.17) is 0 Å². The van der Waals surface area contributed by atoms with Crippen LogP contribution < -0.4 is 21.7 Å². The number of fused-ring (bicyclic) bond motifs is 2. The topological polar surface area (TPSA) is 115 Å². The van der Waals surface area contributed by atoms with Gasteiger partial charge < -0.3 is 9.88 Å². The van der Waals surface area contributed by atoms with Gasteiger partial charge in [-0.2, -0.15) is 0 Å². The number of nitrogens with one attached hydrogen (secondary N) is 3. The SMILES string of the molecule is CCCCCCCCCCCCCCCCCCN1c2nc(C)[nH]c(=O)c2Cc2c1[nH]c(=O)[nH]c2=O. The molecule has 0 fully saturated rings. The van der Waals surface area contributed by atoms with E-state index in [1.165, 1.54) is 89.9 Å². The highest BCUT2D eigenvalue weighted by atomic mass is 16.2. The van der Waals surface area contributed by atoms with E-state index < -0.39 is 11.2 Å². The predicted octanol–water partition coefficient (Wildman–Crippen LogP) is 5.76. The van der Waals surface area contributed by atoms with Gasteiger partial charge in [-0.25, -0.2) is 9.78 Å². The molecule has 1 aliphatic rings. The van der Waals surface area contributed by atoms with Gasteiger partial charge in [0.15, 0.2) is 0 Å². The van der Waals surface area contributed by atoms with Crippen molar-refractivity contribution < 1.29 is 0 Å². The van der Waals surface area contributed by atoms with Crippen LogP contribution in [-0.2, 0) is 6.42 Å². The largest absolute Gasteiger partial charge is 0.327 e. The summed E-state index contributed by atoms with van der Waals surface area (Å²) < 4.78 is 0. The molecule has 2 aromatic rings. The monoisotopic (exact) mass is 499 g/mol. The van der Waals surface area contributed by atoms with Crippen molar-refractivity contribution in [3.63, 3.8) is 0 Å². The Hall–Kier alpha value is -2.64. The van der Waals surface area contributed by atoms with Gasteiger partial charge in [-0.15, -0.1) is 0 Å². The molecule has 0 aromatic carbocycles. The van der Waals surface area contributed by atoms with Gasteiger partial charge in [0.05, 0.1) is 11.1 Å². The molecule has 0 bridgehead atoms. The summed E-state index contributed by atoms with van der Waals surface area (Å²) >= 11 is 0. The van der Waals surface area contributed by atoms with Gasteiger partial charge in [-0.3, -0.25) is 19.6 Å². The van der Waals surface area contributed by atoms with Gasteiger partial charge in [-0.05, 0) is 13.3 Å². The number of H-pyrrole nitrogens is 3. The molecule has 3 heterocycles. The number of anilines is 2. The third-order valence-electron chi connectivity index (χ3n) is 7.25. The van der Waals surface area contributed by atoms with E-state index in [2.05, 4.69) is 26.9 Å². The van der Waals surface area contributed by atoms with Crippen molar-refractivity contribution in [1.29, 1.82) is 0 Å². The second-order valence-electron chi connectivity index (χ2n) is 10.3. The van der Waals surface area contributed by atoms with E-state index in [9.17, 15) is 14.4 Å². The zero-order valence-corrected chi connectivity index (χ0v) is 22.3. The number of hydrogen-bond donors (Lipinski definition) is 3. The van der Waals surface area contributed by atoms with Gasteiger partial charge in [0, 0.05) is 13.0 Å². The first-order valence-electron chi connectivity index (χ1n) is 14.2. The fourth-order valence-electron chi connectivity index (χ4n) is 5.19. The van der Waals surface area contributed by atoms with Crippen LogP contribution in [0.2, 0.25) is 0 Å². The number of aromatic nitrogens is 4. The molecule has 8 heteroatoms. The number of hydrogen-bond acceptors (Lipinski definition) is 5. The highest BCUT2D eigenvalue weighted by Crippen LogP contribution is 2.32. The Morgan fingerprint density at radius 2 is 1.17 bits per heavy atom. The van der Waals surface area contributed by atoms with E-state index in [-0.39, 0.29) is 12.0 Å². The number of aromatic amines is 3. The van der Waals surface area contributed by atoms with Crippen molar-refractivity contribution in [3.8, 4) is 0 Å². The normalized spacial score (nSPS) is 12.6. The smallest absolute Gasteiger partial charge is 0.312 e. The van der Waals surface area contributed by atoms with Gasteiger partial charge in [0.1, 0.15) is 17.5 Å². The second-order valence-corrected chi connectivity index (χ2v) is 10.3. The summed E-state index contributed by atoms with van der Waals surface area (Å²) in [6.07, 6.45) is 21.0. The summed E-state index contributed by atoms with van der Waals surface area (Å²) in [5.74, 6) is 1.53. The molecular weight excluding hydrogens is 454 g/mol. The van der Waals surface area contributed by atoms with Crippen LogP contribution in [0.4, 0.5) is 11.6 Å². The molecule has 36 heavy (non-hydrogen) atoms. The third kappa shape index (κ3) is 8.20. The highest BCUT2D eigenvalue weighted by molar-refractivity contribution is 5.67. The second kappa shape index (κ2) is 14.8. The minimum Gasteiger partial charge on any atom is -0.312 e. The zero-order valence-electron chi connectivity index (χ0n) is 22.3. The Labute approximate surface area is 214 Å². The Kier molecular flexibility index (Phi) is 11.5. The van der Waals surface area contributed by atoms with Gasteiger partial charge >= 0.3 is 5.69 Å². The molecule has 2 aromatic heterocycles. The van der Waals surface area contributed by atoms with Crippen LogP contribution in [0.5, 0.6) is 0 Å². The molecule has 8 nitrogen and oxygen atoms in total. The fraction of sp³-hybridized carbons (Fsp3) is 0.714. The summed E-state index contributed by atoms with van der Waals surface area (Å²) in [7, 11) is 0. The van der Waals surface area contributed by atoms with Crippen molar-refractivity contribution in [1.82, 2.24) is 19.9 Å². The van der Waals surface area contributed by atoms with E-state index in [1.807, 2.05) is 4.90 Å². The van der Waals surface area contributed by atoms with E-state index in [0.29, 0.717) is 35.1 Å². The molecule has 1 aliphatic heterocycles. The highest BCUT2D eigenvalue weighted by Gasteiger charge is 2.29. The molecule has 0 spiro atoms. The van der Waals surface area contributed by atoms with Crippen molar-refractivity contribution in [2.24, 2.45) is 0 Å².